The Labute approximate surface area is 142 Å². The summed E-state index contributed by atoms with van der Waals surface area (Å²) in [6.45, 7) is 3.36. The molecule has 3 rings (SSSR count). The number of guanidine groups is 1. The van der Waals surface area contributed by atoms with E-state index in [1.807, 2.05) is 0 Å². The molecule has 1 aromatic rings. The van der Waals surface area contributed by atoms with Crippen molar-refractivity contribution >= 4 is 29.9 Å². The number of halogens is 1. The molecular weight excluding hydrogens is 383 g/mol. The molecule has 0 radical (unpaired) electrons. The van der Waals surface area contributed by atoms with Crippen LogP contribution in [0.25, 0.3) is 0 Å². The zero-order chi connectivity index (χ0) is 13.8. The van der Waals surface area contributed by atoms with E-state index in [9.17, 15) is 0 Å². The number of ether oxygens (including phenoxy) is 1. The van der Waals surface area contributed by atoms with Crippen LogP contribution >= 0.6 is 24.0 Å². The highest BCUT2D eigenvalue weighted by atomic mass is 127. The van der Waals surface area contributed by atoms with Crippen LogP contribution in [0.4, 0.5) is 0 Å². The number of aliphatic imine (C=N–C) groups is 1. The average Bonchev–Trinajstić information content (AvgIpc) is 3.17. The van der Waals surface area contributed by atoms with Gasteiger partial charge in [-0.05, 0) is 19.3 Å². The third-order valence-corrected chi connectivity index (χ3v) is 3.84. The van der Waals surface area contributed by atoms with Gasteiger partial charge in [0.05, 0.1) is 12.6 Å². The molecule has 3 heterocycles. The maximum absolute atomic E-state index is 5.59. The molecule has 8 heteroatoms. The molecule has 0 aromatic carbocycles. The zero-order valence-electron chi connectivity index (χ0n) is 12.3. The first-order valence-electron chi connectivity index (χ1n) is 7.34. The van der Waals surface area contributed by atoms with E-state index in [0.717, 1.165) is 56.6 Å². The molecule has 0 aliphatic carbocycles. The second kappa shape index (κ2) is 7.92. The molecule has 0 spiro atoms. The summed E-state index contributed by atoms with van der Waals surface area (Å²) in [6, 6.07) is 0. The molecule has 7 nitrogen and oxygen atoms in total. The Morgan fingerprint density at radius 1 is 1.38 bits per heavy atom. The molecule has 2 aliphatic rings. The van der Waals surface area contributed by atoms with Gasteiger partial charge in [0.2, 0.25) is 0 Å². The second-order valence-corrected chi connectivity index (χ2v) is 5.23. The van der Waals surface area contributed by atoms with Gasteiger partial charge in [0, 0.05) is 33.2 Å². The Morgan fingerprint density at radius 3 is 3.05 bits per heavy atom. The molecular formula is C13H23IN6O. The van der Waals surface area contributed by atoms with Gasteiger partial charge in [0.15, 0.2) is 11.8 Å². The highest BCUT2D eigenvalue weighted by Gasteiger charge is 2.18. The molecule has 0 saturated carbocycles. The van der Waals surface area contributed by atoms with Crippen LogP contribution in [0, 0.1) is 0 Å². The van der Waals surface area contributed by atoms with E-state index >= 15 is 0 Å². The molecule has 0 bridgehead atoms. The summed E-state index contributed by atoms with van der Waals surface area (Å²) in [5, 5.41) is 15.0. The highest BCUT2D eigenvalue weighted by Crippen LogP contribution is 2.13. The van der Waals surface area contributed by atoms with E-state index in [1.165, 1.54) is 6.42 Å². The lowest BCUT2D eigenvalue weighted by molar-refractivity contribution is 0.114. The SMILES string of the molecule is CN=C(NCc1nnc2n1CCC2)NCC1CCCO1.I. The predicted octanol–water partition coefficient (Wildman–Crippen LogP) is 0.686. The van der Waals surface area contributed by atoms with Crippen LogP contribution in [-0.4, -0.2) is 47.0 Å². The molecule has 1 fully saturated rings. The van der Waals surface area contributed by atoms with Crippen molar-refractivity contribution in [1.82, 2.24) is 25.4 Å². The van der Waals surface area contributed by atoms with Crippen LogP contribution < -0.4 is 10.6 Å². The fourth-order valence-electron chi connectivity index (χ4n) is 2.74. The minimum absolute atomic E-state index is 0. The third kappa shape index (κ3) is 4.06. The summed E-state index contributed by atoms with van der Waals surface area (Å²) >= 11 is 0. The first-order valence-corrected chi connectivity index (χ1v) is 7.34. The summed E-state index contributed by atoms with van der Waals surface area (Å²) in [5.74, 6) is 2.87. The summed E-state index contributed by atoms with van der Waals surface area (Å²) in [7, 11) is 1.78. The number of fused-ring (bicyclic) bond motifs is 1. The quantitative estimate of drug-likeness (QED) is 0.437. The van der Waals surface area contributed by atoms with Gasteiger partial charge in [-0.15, -0.1) is 34.2 Å². The monoisotopic (exact) mass is 406 g/mol. The maximum atomic E-state index is 5.59. The lowest BCUT2D eigenvalue weighted by Gasteiger charge is -2.14. The van der Waals surface area contributed by atoms with Gasteiger partial charge in [-0.3, -0.25) is 4.99 Å². The molecule has 0 amide bonds. The summed E-state index contributed by atoms with van der Waals surface area (Å²) in [6.07, 6.45) is 4.81. The fourth-order valence-corrected chi connectivity index (χ4v) is 2.74. The van der Waals surface area contributed by atoms with Crippen molar-refractivity contribution in [2.45, 2.75) is 44.9 Å². The van der Waals surface area contributed by atoms with Crippen LogP contribution in [0.1, 0.15) is 30.9 Å². The fraction of sp³-hybridized carbons (Fsp3) is 0.769. The molecule has 1 atom stereocenters. The molecule has 2 N–H and O–H groups in total. The minimum atomic E-state index is 0. The Bertz CT molecular complexity index is 483. The van der Waals surface area contributed by atoms with E-state index in [2.05, 4.69) is 30.4 Å². The first kappa shape index (κ1) is 16.5. The summed E-state index contributed by atoms with van der Waals surface area (Å²) in [4.78, 5) is 4.22. The Balaban J connectivity index is 0.00000161. The Hall–Kier alpha value is -0.900. The van der Waals surface area contributed by atoms with Gasteiger partial charge in [-0.2, -0.15) is 0 Å². The standard InChI is InChI=1S/C13H22N6O.HI/c1-14-13(15-8-10-4-3-7-20-10)16-9-12-18-17-11-5-2-6-19(11)12;/h10H,2-9H2,1H3,(H2,14,15,16);1H. The number of aromatic nitrogens is 3. The maximum Gasteiger partial charge on any atom is 0.191 e. The number of hydrogen-bond acceptors (Lipinski definition) is 4. The van der Waals surface area contributed by atoms with Gasteiger partial charge in [0.25, 0.3) is 0 Å². The van der Waals surface area contributed by atoms with Gasteiger partial charge in [-0.1, -0.05) is 0 Å². The van der Waals surface area contributed by atoms with Crippen molar-refractivity contribution in [3.63, 3.8) is 0 Å². The molecule has 1 saturated heterocycles. The Morgan fingerprint density at radius 2 is 2.29 bits per heavy atom. The van der Waals surface area contributed by atoms with E-state index < -0.39 is 0 Å². The van der Waals surface area contributed by atoms with Crippen LogP contribution in [0.15, 0.2) is 4.99 Å². The smallest absolute Gasteiger partial charge is 0.191 e. The van der Waals surface area contributed by atoms with E-state index in [-0.39, 0.29) is 24.0 Å². The van der Waals surface area contributed by atoms with Crippen LogP contribution in [0.3, 0.4) is 0 Å². The van der Waals surface area contributed by atoms with E-state index in [0.29, 0.717) is 12.6 Å². The van der Waals surface area contributed by atoms with Gasteiger partial charge in [-0.25, -0.2) is 0 Å². The number of nitrogens with one attached hydrogen (secondary N) is 2. The highest BCUT2D eigenvalue weighted by molar-refractivity contribution is 14.0. The molecule has 21 heavy (non-hydrogen) atoms. The normalized spacial score (nSPS) is 21.0. The van der Waals surface area contributed by atoms with Gasteiger partial charge < -0.3 is 19.9 Å². The predicted molar refractivity (Wildman–Crippen MR) is 90.9 cm³/mol. The largest absolute Gasteiger partial charge is 0.376 e. The summed E-state index contributed by atoms with van der Waals surface area (Å²) < 4.78 is 7.78. The lowest BCUT2D eigenvalue weighted by atomic mass is 10.2. The first-order chi connectivity index (χ1) is 9.86. The lowest BCUT2D eigenvalue weighted by Crippen LogP contribution is -2.41. The topological polar surface area (TPSA) is 76.4 Å². The van der Waals surface area contributed by atoms with E-state index in [1.54, 1.807) is 7.05 Å². The minimum Gasteiger partial charge on any atom is -0.376 e. The van der Waals surface area contributed by atoms with E-state index in [4.69, 9.17) is 4.74 Å². The number of rotatable bonds is 4. The van der Waals surface area contributed by atoms with Crippen LogP contribution in [-0.2, 0) is 24.2 Å². The molecule has 1 unspecified atom stereocenters. The average molecular weight is 406 g/mol. The number of nitrogens with zero attached hydrogens (tertiary/aromatic N) is 4. The van der Waals surface area contributed by atoms with Crippen molar-refractivity contribution in [2.75, 3.05) is 20.2 Å². The molecule has 2 aliphatic heterocycles. The molecule has 1 aromatic heterocycles. The third-order valence-electron chi connectivity index (χ3n) is 3.84. The van der Waals surface area contributed by atoms with Crippen molar-refractivity contribution < 1.29 is 4.74 Å². The van der Waals surface area contributed by atoms with Crippen molar-refractivity contribution in [1.29, 1.82) is 0 Å². The number of hydrogen-bond donors (Lipinski definition) is 2. The number of aryl methyl sites for hydroxylation is 1. The van der Waals surface area contributed by atoms with Crippen molar-refractivity contribution in [3.8, 4) is 0 Å². The van der Waals surface area contributed by atoms with Crippen LogP contribution in [0.2, 0.25) is 0 Å². The Kier molecular flexibility index (Phi) is 6.22. The van der Waals surface area contributed by atoms with Gasteiger partial charge >= 0.3 is 0 Å². The van der Waals surface area contributed by atoms with Crippen LogP contribution in [0.5, 0.6) is 0 Å². The van der Waals surface area contributed by atoms with Gasteiger partial charge in [0.1, 0.15) is 5.82 Å². The van der Waals surface area contributed by atoms with Crippen molar-refractivity contribution in [2.24, 2.45) is 4.99 Å². The second-order valence-electron chi connectivity index (χ2n) is 5.23. The zero-order valence-corrected chi connectivity index (χ0v) is 14.7. The molecule has 118 valence electrons. The van der Waals surface area contributed by atoms with Crippen molar-refractivity contribution in [3.05, 3.63) is 11.6 Å². The summed E-state index contributed by atoms with van der Waals surface area (Å²) in [5.41, 5.74) is 0.